The molecule has 2 fully saturated rings. The van der Waals surface area contributed by atoms with E-state index >= 15 is 0 Å². The van der Waals surface area contributed by atoms with Crippen molar-refractivity contribution in [3.05, 3.63) is 0 Å². The van der Waals surface area contributed by atoms with Crippen LogP contribution in [0.3, 0.4) is 0 Å². The molecule has 0 aromatic carbocycles. The fourth-order valence-corrected chi connectivity index (χ4v) is 3.34. The van der Waals surface area contributed by atoms with Gasteiger partial charge in [-0.1, -0.05) is 0 Å². The normalized spacial score (nSPS) is 51.1. The van der Waals surface area contributed by atoms with Crippen LogP contribution < -0.4 is 0 Å². The van der Waals surface area contributed by atoms with Crippen LogP contribution in [-0.4, -0.2) is 98.0 Å². The SMILES string of the molecule is O[C@@H]1[C@@H](O)[C@@H](O[C@]2(CCl)O[C@H](CCl)[C@H](O)[C@H]2O)O[C@@H](CCl)[C@H]1O. The highest BCUT2D eigenvalue weighted by Crippen LogP contribution is 2.37. The molecule has 136 valence electrons. The van der Waals surface area contributed by atoms with Gasteiger partial charge >= 0.3 is 0 Å². The smallest absolute Gasteiger partial charge is 0.214 e. The van der Waals surface area contributed by atoms with E-state index in [9.17, 15) is 25.5 Å². The Morgan fingerprint density at radius 2 is 1.43 bits per heavy atom. The van der Waals surface area contributed by atoms with E-state index in [1.54, 1.807) is 0 Å². The standard InChI is InChI=1S/C12H19Cl3O8/c13-1-4-6(16)8(18)9(19)11(21-4)23-12(3-15)10(20)7(17)5(2-14)22-12/h4-11,16-20H,1-3H2/t4-,5+,6+,7-,8-,9+,10+,11+,12-/m0/s1. The molecule has 2 rings (SSSR count). The maximum absolute atomic E-state index is 10.1. The minimum absolute atomic E-state index is 0.125. The molecule has 9 atom stereocenters. The molecule has 0 aromatic rings. The van der Waals surface area contributed by atoms with Gasteiger partial charge in [0.25, 0.3) is 0 Å². The number of aliphatic hydroxyl groups is 5. The fraction of sp³-hybridized carbons (Fsp3) is 1.00. The number of hydrogen-bond acceptors (Lipinski definition) is 8. The van der Waals surface area contributed by atoms with Crippen molar-refractivity contribution in [2.24, 2.45) is 0 Å². The van der Waals surface area contributed by atoms with Gasteiger partial charge in [-0.3, -0.25) is 0 Å². The Balaban J connectivity index is 2.18. The molecule has 11 heteroatoms. The molecular weight excluding hydrogens is 378 g/mol. The predicted molar refractivity (Wildman–Crippen MR) is 79.5 cm³/mol. The number of aliphatic hydroxyl groups excluding tert-OH is 5. The van der Waals surface area contributed by atoms with Gasteiger partial charge in [-0.05, 0) is 0 Å². The van der Waals surface area contributed by atoms with Crippen molar-refractivity contribution in [3.63, 3.8) is 0 Å². The van der Waals surface area contributed by atoms with Crippen LogP contribution in [0, 0.1) is 0 Å². The highest BCUT2D eigenvalue weighted by atomic mass is 35.5. The maximum atomic E-state index is 10.1. The van der Waals surface area contributed by atoms with Crippen molar-refractivity contribution in [1.29, 1.82) is 0 Å². The minimum atomic E-state index is -1.90. The van der Waals surface area contributed by atoms with Crippen molar-refractivity contribution < 1.29 is 39.7 Å². The maximum Gasteiger partial charge on any atom is 0.214 e. The Bertz CT molecular complexity index is 403. The summed E-state index contributed by atoms with van der Waals surface area (Å²) in [6, 6.07) is 0. The molecular formula is C12H19Cl3O8. The quantitative estimate of drug-likeness (QED) is 0.349. The van der Waals surface area contributed by atoms with Gasteiger partial charge in [-0.25, -0.2) is 0 Å². The number of rotatable bonds is 5. The lowest BCUT2D eigenvalue weighted by Gasteiger charge is -2.43. The van der Waals surface area contributed by atoms with Gasteiger partial charge in [0.1, 0.15) is 42.7 Å². The fourth-order valence-electron chi connectivity index (χ4n) is 2.56. The first-order valence-electron chi connectivity index (χ1n) is 6.90. The molecule has 5 N–H and O–H groups in total. The first-order valence-corrected chi connectivity index (χ1v) is 8.51. The predicted octanol–water partition coefficient (Wildman–Crippen LogP) is -1.66. The van der Waals surface area contributed by atoms with Crippen LogP contribution in [0.25, 0.3) is 0 Å². The summed E-state index contributed by atoms with van der Waals surface area (Å²) in [6.07, 6.45) is -11.0. The molecule has 0 unspecified atom stereocenters. The summed E-state index contributed by atoms with van der Waals surface area (Å²) in [4.78, 5) is 0. The Morgan fingerprint density at radius 1 is 0.826 bits per heavy atom. The summed E-state index contributed by atoms with van der Waals surface area (Å²) >= 11 is 17.1. The summed E-state index contributed by atoms with van der Waals surface area (Å²) in [5.74, 6) is -2.60. The molecule has 8 nitrogen and oxygen atoms in total. The highest BCUT2D eigenvalue weighted by Gasteiger charge is 2.58. The molecule has 0 radical (unpaired) electrons. The van der Waals surface area contributed by atoms with Gasteiger partial charge in [-0.2, -0.15) is 0 Å². The molecule has 2 heterocycles. The van der Waals surface area contributed by atoms with Gasteiger partial charge in [0.2, 0.25) is 5.79 Å². The van der Waals surface area contributed by atoms with Crippen LogP contribution in [0.5, 0.6) is 0 Å². The second-order valence-corrected chi connectivity index (χ2v) is 6.36. The molecule has 23 heavy (non-hydrogen) atoms. The topological polar surface area (TPSA) is 129 Å². The lowest BCUT2D eigenvalue weighted by molar-refractivity contribution is -0.366. The van der Waals surface area contributed by atoms with E-state index in [2.05, 4.69) is 0 Å². The Morgan fingerprint density at radius 3 is 1.91 bits per heavy atom. The van der Waals surface area contributed by atoms with Gasteiger partial charge in [0, 0.05) is 0 Å². The van der Waals surface area contributed by atoms with Crippen molar-refractivity contribution >= 4 is 34.8 Å². The molecule has 2 saturated heterocycles. The molecule has 0 aliphatic carbocycles. The van der Waals surface area contributed by atoms with Crippen LogP contribution in [-0.2, 0) is 14.2 Å². The monoisotopic (exact) mass is 396 g/mol. The zero-order valence-electron chi connectivity index (χ0n) is 11.8. The van der Waals surface area contributed by atoms with Crippen LogP contribution in [0.1, 0.15) is 0 Å². The second-order valence-electron chi connectivity index (χ2n) is 5.48. The summed E-state index contributed by atoms with van der Waals surface area (Å²) in [7, 11) is 0. The Labute approximate surface area is 147 Å². The first-order chi connectivity index (χ1) is 10.8. The summed E-state index contributed by atoms with van der Waals surface area (Å²) in [6.45, 7) is 0. The van der Waals surface area contributed by atoms with E-state index in [0.29, 0.717) is 0 Å². The van der Waals surface area contributed by atoms with Crippen LogP contribution >= 0.6 is 34.8 Å². The lowest BCUT2D eigenvalue weighted by atomic mass is 9.99. The number of halogens is 3. The van der Waals surface area contributed by atoms with E-state index < -0.39 is 60.7 Å². The third kappa shape index (κ3) is 3.58. The molecule has 2 aliphatic heterocycles. The van der Waals surface area contributed by atoms with E-state index in [1.807, 2.05) is 0 Å². The van der Waals surface area contributed by atoms with E-state index in [0.717, 1.165) is 0 Å². The summed E-state index contributed by atoms with van der Waals surface area (Å²) in [5, 5.41) is 49.6. The molecule has 0 aromatic heterocycles. The average Bonchev–Trinajstić information content (AvgIpc) is 2.80. The zero-order chi connectivity index (χ0) is 17.4. The van der Waals surface area contributed by atoms with Crippen LogP contribution in [0.2, 0.25) is 0 Å². The molecule has 0 saturated carbocycles. The van der Waals surface area contributed by atoms with Gasteiger partial charge in [-0.15, -0.1) is 34.8 Å². The van der Waals surface area contributed by atoms with Gasteiger partial charge in [0.15, 0.2) is 6.29 Å². The largest absolute Gasteiger partial charge is 0.388 e. The number of hydrogen-bond donors (Lipinski definition) is 5. The first kappa shape index (κ1) is 19.9. The van der Waals surface area contributed by atoms with Crippen molar-refractivity contribution in [1.82, 2.24) is 0 Å². The van der Waals surface area contributed by atoms with Gasteiger partial charge < -0.3 is 39.7 Å². The molecule has 2 aliphatic rings. The highest BCUT2D eigenvalue weighted by molar-refractivity contribution is 6.19. The van der Waals surface area contributed by atoms with Crippen LogP contribution in [0.4, 0.5) is 0 Å². The summed E-state index contributed by atoms with van der Waals surface area (Å²) in [5.41, 5.74) is 0. The Hall–Kier alpha value is 0.550. The third-order valence-electron chi connectivity index (χ3n) is 3.98. The van der Waals surface area contributed by atoms with E-state index in [4.69, 9.17) is 49.0 Å². The summed E-state index contributed by atoms with van der Waals surface area (Å²) < 4.78 is 16.1. The molecule has 0 amide bonds. The van der Waals surface area contributed by atoms with E-state index in [1.165, 1.54) is 0 Å². The third-order valence-corrected chi connectivity index (χ3v) is 4.96. The molecule has 0 bridgehead atoms. The average molecular weight is 398 g/mol. The second kappa shape index (κ2) is 7.84. The van der Waals surface area contributed by atoms with Gasteiger partial charge in [0.05, 0.1) is 17.6 Å². The lowest BCUT2D eigenvalue weighted by Crippen LogP contribution is -2.62. The molecule has 0 spiro atoms. The minimum Gasteiger partial charge on any atom is -0.388 e. The van der Waals surface area contributed by atoms with E-state index in [-0.39, 0.29) is 11.8 Å². The van der Waals surface area contributed by atoms with Crippen LogP contribution in [0.15, 0.2) is 0 Å². The Kier molecular flexibility index (Phi) is 6.77. The number of alkyl halides is 3. The zero-order valence-corrected chi connectivity index (χ0v) is 14.1. The van der Waals surface area contributed by atoms with Crippen molar-refractivity contribution in [2.45, 2.75) is 54.8 Å². The van der Waals surface area contributed by atoms with Crippen molar-refractivity contribution in [2.75, 3.05) is 17.6 Å². The number of ether oxygens (including phenoxy) is 3. The van der Waals surface area contributed by atoms with Crippen molar-refractivity contribution in [3.8, 4) is 0 Å².